The normalized spacial score (nSPS) is 23.3. The number of carbonyl (C=O) groups is 1. The maximum atomic E-state index is 10.8. The van der Waals surface area contributed by atoms with E-state index in [0.717, 1.165) is 83.8 Å². The minimum atomic E-state index is -0.640. The van der Waals surface area contributed by atoms with E-state index in [1.165, 1.54) is 0 Å². The van der Waals surface area contributed by atoms with Crippen molar-refractivity contribution in [3.8, 4) is 46.3 Å². The quantitative estimate of drug-likeness (QED) is 0.138. The van der Waals surface area contributed by atoms with Gasteiger partial charge in [0, 0.05) is 84.1 Å². The Bertz CT molecular complexity index is 2490. The van der Waals surface area contributed by atoms with Crippen LogP contribution in [-0.2, 0) is 17.9 Å². The van der Waals surface area contributed by atoms with Gasteiger partial charge in [-0.05, 0) is 99.1 Å². The largest absolute Gasteiger partial charge is 0.385 e. The molecule has 2 aliphatic carbocycles. The minimum absolute atomic E-state index is 0.424. The molecule has 1 amide bonds. The number of hydrogen-bond acceptors (Lipinski definition) is 10. The average molecular weight is 777 g/mol. The van der Waals surface area contributed by atoms with Crippen LogP contribution >= 0.6 is 0 Å². The molecule has 2 unspecified atom stereocenters. The van der Waals surface area contributed by atoms with Crippen molar-refractivity contribution in [1.82, 2.24) is 39.6 Å². The number of aliphatic hydroxyl groups excluding tert-OH is 2. The van der Waals surface area contributed by atoms with Gasteiger partial charge in [0.25, 0.3) is 0 Å². The van der Waals surface area contributed by atoms with Gasteiger partial charge in [0.05, 0.1) is 13.1 Å². The molecule has 294 valence electrons. The molecule has 6 aromatic rings. The average Bonchev–Trinajstić information content (AvgIpc) is 3.89. The van der Waals surface area contributed by atoms with Crippen LogP contribution in [0.2, 0.25) is 0 Å². The summed E-state index contributed by atoms with van der Waals surface area (Å²) < 4.78 is 14.7. The Morgan fingerprint density at radius 1 is 0.724 bits per heavy atom. The molecule has 13 nitrogen and oxygen atoms in total. The molecule has 0 spiro atoms. The number of nitrogens with one attached hydrogen (secondary N) is 1. The number of likely N-dealkylation sites (tertiary alicyclic amines) is 1. The van der Waals surface area contributed by atoms with Gasteiger partial charge in [0.15, 0.2) is 11.5 Å². The smallest absolute Gasteiger partial charge is 0.209 e. The van der Waals surface area contributed by atoms with E-state index in [4.69, 9.17) is 9.05 Å². The lowest BCUT2D eigenvalue weighted by Gasteiger charge is -2.10. The van der Waals surface area contributed by atoms with Crippen molar-refractivity contribution in [2.45, 2.75) is 39.1 Å². The summed E-state index contributed by atoms with van der Waals surface area (Å²) in [6.45, 7) is 8.31. The number of fused-ring (bicyclic) bond motifs is 2. The van der Waals surface area contributed by atoms with Crippen molar-refractivity contribution in [3.63, 3.8) is 0 Å². The van der Waals surface area contributed by atoms with Crippen molar-refractivity contribution < 1.29 is 24.1 Å². The first-order valence-electron chi connectivity index (χ1n) is 19.7. The third-order valence-corrected chi connectivity index (χ3v) is 11.6. The monoisotopic (exact) mass is 776 g/mol. The van der Waals surface area contributed by atoms with Crippen LogP contribution in [0.1, 0.15) is 60.2 Å². The number of aromatic nitrogens is 6. The summed E-state index contributed by atoms with van der Waals surface area (Å²) in [5.41, 5.74) is 5.45. The summed E-state index contributed by atoms with van der Waals surface area (Å²) in [5, 5.41) is 31.2. The fourth-order valence-electron chi connectivity index (χ4n) is 8.30. The molecule has 10 rings (SSSR count). The van der Waals surface area contributed by atoms with Gasteiger partial charge in [-0.15, -0.1) is 0 Å². The second-order valence-electron chi connectivity index (χ2n) is 15.7. The first kappa shape index (κ1) is 37.3. The van der Waals surface area contributed by atoms with Gasteiger partial charge in [-0.25, -0.2) is 9.97 Å². The number of hydrogen-bond donors (Lipinski definition) is 3. The SMILES string of the molecule is C[C@H](O)c1nccn1Cc1cc(-c2ccc(C#CC3[C@H]4CN(C=O)C[C@@H]34)cc2)on1.C[C@H](O)c1nccn1Cc1cc(-c2ccc(C#CC3[C@H]4CNC[C@@H]34)cc2)on1. The lowest BCUT2D eigenvalue weighted by Crippen LogP contribution is -2.22. The zero-order chi connectivity index (χ0) is 39.8. The summed E-state index contributed by atoms with van der Waals surface area (Å²) >= 11 is 0. The predicted molar refractivity (Wildman–Crippen MR) is 213 cm³/mol. The maximum Gasteiger partial charge on any atom is 0.209 e. The van der Waals surface area contributed by atoms with E-state index in [1.807, 2.05) is 87.1 Å². The number of benzene rings is 2. The van der Waals surface area contributed by atoms with E-state index in [1.54, 1.807) is 26.2 Å². The molecule has 3 N–H and O–H groups in total. The lowest BCUT2D eigenvalue weighted by molar-refractivity contribution is -0.117. The molecule has 4 fully saturated rings. The Morgan fingerprint density at radius 2 is 1.17 bits per heavy atom. The Morgan fingerprint density at radius 3 is 1.60 bits per heavy atom. The molecule has 0 radical (unpaired) electrons. The molecule has 8 atom stereocenters. The van der Waals surface area contributed by atoms with E-state index in [0.29, 0.717) is 54.2 Å². The first-order valence-corrected chi connectivity index (χ1v) is 19.7. The van der Waals surface area contributed by atoms with E-state index < -0.39 is 12.2 Å². The number of amides is 1. The Balaban J connectivity index is 0.000000151. The van der Waals surface area contributed by atoms with Gasteiger partial charge >= 0.3 is 0 Å². The Kier molecular flexibility index (Phi) is 10.3. The fourth-order valence-corrected chi connectivity index (χ4v) is 8.30. The zero-order valence-corrected chi connectivity index (χ0v) is 32.3. The first-order chi connectivity index (χ1) is 28.3. The second kappa shape index (κ2) is 15.9. The molecule has 0 bridgehead atoms. The van der Waals surface area contributed by atoms with Crippen LogP contribution in [0.25, 0.3) is 22.6 Å². The molecule has 4 aliphatic rings. The van der Waals surface area contributed by atoms with Crippen LogP contribution in [0.15, 0.2) is 94.5 Å². The van der Waals surface area contributed by atoms with Gasteiger partial charge in [-0.1, -0.05) is 34.0 Å². The summed E-state index contributed by atoms with van der Waals surface area (Å²) in [6.07, 6.45) is 6.65. The van der Waals surface area contributed by atoms with Gasteiger partial charge in [0.1, 0.15) is 35.2 Å². The standard InChI is InChI=1S/C23H22N4O3.C22H22N4O2/c1-15(29)23-24-8-9-27(23)11-18-10-22(30-25-18)17-5-2-16(3-6-17)4-7-19-20-12-26(14-28)13-21(19)20;1-14(27)22-24-8-9-26(22)13-17-10-21(28-25-17)16-5-2-15(3-6-16)4-7-18-19-11-23-12-20(18)19/h2-3,5-6,8-10,14-15,19-21,29H,11-13H2,1H3;2-3,5-6,8-10,14,18-20,23,27H,11-13H2,1H3/t15-,19?,20-,21+;14-,18?,19-,20+/m00/s1. The molecule has 2 saturated carbocycles. The second-order valence-corrected chi connectivity index (χ2v) is 15.7. The van der Waals surface area contributed by atoms with Gasteiger partial charge in [0.2, 0.25) is 6.41 Å². The molecular weight excluding hydrogens is 733 g/mol. The van der Waals surface area contributed by atoms with Crippen molar-refractivity contribution in [1.29, 1.82) is 0 Å². The van der Waals surface area contributed by atoms with Crippen LogP contribution in [-0.4, -0.2) is 77.1 Å². The highest BCUT2D eigenvalue weighted by atomic mass is 16.5. The number of rotatable bonds is 9. The van der Waals surface area contributed by atoms with Crippen molar-refractivity contribution >= 4 is 6.41 Å². The highest BCUT2D eigenvalue weighted by Gasteiger charge is 2.55. The summed E-state index contributed by atoms with van der Waals surface area (Å²) in [4.78, 5) is 21.0. The third-order valence-electron chi connectivity index (χ3n) is 11.6. The number of piperidine rings is 2. The molecule has 2 saturated heterocycles. The molecule has 58 heavy (non-hydrogen) atoms. The van der Waals surface area contributed by atoms with E-state index in [2.05, 4.69) is 49.3 Å². The minimum Gasteiger partial charge on any atom is -0.385 e. The van der Waals surface area contributed by atoms with Crippen LogP contribution in [0.3, 0.4) is 0 Å². The number of aliphatic hydroxyl groups is 2. The van der Waals surface area contributed by atoms with Crippen LogP contribution in [0.5, 0.6) is 0 Å². The highest BCUT2D eigenvalue weighted by molar-refractivity contribution is 5.60. The molecule has 6 heterocycles. The van der Waals surface area contributed by atoms with Gasteiger partial charge in [-0.3, -0.25) is 4.79 Å². The molecular formula is C45H44N8O5. The topological polar surface area (TPSA) is 160 Å². The summed E-state index contributed by atoms with van der Waals surface area (Å²) in [6, 6.07) is 19.9. The summed E-state index contributed by atoms with van der Waals surface area (Å²) in [5.74, 6) is 19.6. The maximum absolute atomic E-state index is 10.8. The fraction of sp³-hybridized carbons (Fsp3) is 0.356. The molecule has 4 aromatic heterocycles. The number of carbonyl (C=O) groups excluding carboxylic acids is 1. The van der Waals surface area contributed by atoms with E-state index >= 15 is 0 Å². The Hall–Kier alpha value is -6.25. The highest BCUT2D eigenvalue weighted by Crippen LogP contribution is 2.51. The van der Waals surface area contributed by atoms with Crippen molar-refractivity contribution in [2.75, 3.05) is 26.2 Å². The van der Waals surface area contributed by atoms with E-state index in [9.17, 15) is 15.0 Å². The van der Waals surface area contributed by atoms with Crippen LogP contribution in [0.4, 0.5) is 0 Å². The predicted octanol–water partition coefficient (Wildman–Crippen LogP) is 4.78. The molecule has 2 aliphatic heterocycles. The number of nitrogens with zero attached hydrogens (tertiary/aromatic N) is 7. The van der Waals surface area contributed by atoms with Crippen molar-refractivity contribution in [3.05, 3.63) is 120 Å². The van der Waals surface area contributed by atoms with Crippen LogP contribution < -0.4 is 5.32 Å². The molecule has 13 heteroatoms. The van der Waals surface area contributed by atoms with E-state index in [-0.39, 0.29) is 0 Å². The van der Waals surface area contributed by atoms with Gasteiger partial charge < -0.3 is 38.6 Å². The lowest BCUT2D eigenvalue weighted by atomic mass is 10.1. The van der Waals surface area contributed by atoms with Crippen LogP contribution in [0, 0.1) is 59.2 Å². The third kappa shape index (κ3) is 7.98. The Labute approximate surface area is 336 Å². The zero-order valence-electron chi connectivity index (χ0n) is 32.3. The van der Waals surface area contributed by atoms with Crippen molar-refractivity contribution in [2.24, 2.45) is 35.5 Å². The molecule has 2 aromatic carbocycles. The van der Waals surface area contributed by atoms with Gasteiger partial charge in [-0.2, -0.15) is 0 Å². The summed E-state index contributed by atoms with van der Waals surface area (Å²) in [7, 11) is 0. The number of imidazole rings is 2.